The largest absolute Gasteiger partial charge is 0.419 e. The van der Waals surface area contributed by atoms with Crippen LogP contribution in [0.4, 0.5) is 23.2 Å². The summed E-state index contributed by atoms with van der Waals surface area (Å²) in [6.45, 7) is 1.26. The molecule has 0 spiro atoms. The maximum absolute atomic E-state index is 13.1. The minimum absolute atomic E-state index is 0.0779. The molecule has 0 unspecified atom stereocenters. The predicted molar refractivity (Wildman–Crippen MR) is 70.3 cm³/mol. The van der Waals surface area contributed by atoms with Crippen LogP contribution < -0.4 is 5.32 Å². The number of nitrogens with one attached hydrogen (secondary N) is 1. The summed E-state index contributed by atoms with van der Waals surface area (Å²) < 4.78 is 50.9. The van der Waals surface area contributed by atoms with Crippen molar-refractivity contribution in [3.05, 3.63) is 29.6 Å². The van der Waals surface area contributed by atoms with E-state index in [1.54, 1.807) is 4.90 Å². The molecule has 0 atom stereocenters. The van der Waals surface area contributed by atoms with Gasteiger partial charge in [-0.1, -0.05) is 0 Å². The quantitative estimate of drug-likeness (QED) is 0.869. The second-order valence-electron chi connectivity index (χ2n) is 4.99. The fraction of sp³-hybridized carbons (Fsp3) is 0.500. The molecule has 1 amide bonds. The Morgan fingerprint density at radius 2 is 1.86 bits per heavy atom. The number of hydrogen-bond donors (Lipinski definition) is 1. The SMILES string of the molecule is O=C(CNc1ccc(F)c(C(F)(F)F)c1)N1CCCCC1. The van der Waals surface area contributed by atoms with Gasteiger partial charge in [-0.3, -0.25) is 4.79 Å². The van der Waals surface area contributed by atoms with Crippen molar-refractivity contribution in [1.29, 1.82) is 0 Å². The number of carbonyl (C=O) groups excluding carboxylic acids is 1. The van der Waals surface area contributed by atoms with Crippen LogP contribution in [0.3, 0.4) is 0 Å². The van der Waals surface area contributed by atoms with Crippen LogP contribution in [-0.4, -0.2) is 30.4 Å². The van der Waals surface area contributed by atoms with Crippen LogP contribution in [0.15, 0.2) is 18.2 Å². The van der Waals surface area contributed by atoms with E-state index in [4.69, 9.17) is 0 Å². The first-order chi connectivity index (χ1) is 9.88. The summed E-state index contributed by atoms with van der Waals surface area (Å²) in [7, 11) is 0. The van der Waals surface area contributed by atoms with Crippen molar-refractivity contribution in [1.82, 2.24) is 4.90 Å². The Morgan fingerprint density at radius 3 is 2.48 bits per heavy atom. The van der Waals surface area contributed by atoms with Crippen LogP contribution in [0.25, 0.3) is 0 Å². The van der Waals surface area contributed by atoms with Gasteiger partial charge in [0.15, 0.2) is 0 Å². The smallest absolute Gasteiger partial charge is 0.376 e. The summed E-state index contributed by atoms with van der Waals surface area (Å²) in [5.41, 5.74) is -1.26. The number of rotatable bonds is 3. The molecule has 1 aromatic rings. The topological polar surface area (TPSA) is 32.3 Å². The Kier molecular flexibility index (Phi) is 4.69. The van der Waals surface area contributed by atoms with Crippen LogP contribution in [0.5, 0.6) is 0 Å². The highest BCUT2D eigenvalue weighted by atomic mass is 19.4. The first kappa shape index (κ1) is 15.6. The number of likely N-dealkylation sites (tertiary alicyclic amines) is 1. The number of alkyl halides is 3. The summed E-state index contributed by atoms with van der Waals surface area (Å²) in [5, 5.41) is 2.62. The molecule has 1 saturated heterocycles. The Morgan fingerprint density at radius 1 is 1.19 bits per heavy atom. The Labute approximate surface area is 119 Å². The zero-order valence-corrected chi connectivity index (χ0v) is 11.3. The molecule has 2 rings (SSSR count). The summed E-state index contributed by atoms with van der Waals surface area (Å²) in [5.74, 6) is -1.48. The number of halogens is 4. The molecule has 1 aliphatic heterocycles. The Hall–Kier alpha value is -1.79. The van der Waals surface area contributed by atoms with E-state index in [9.17, 15) is 22.4 Å². The average Bonchev–Trinajstić information content (AvgIpc) is 2.45. The van der Waals surface area contributed by atoms with Crippen molar-refractivity contribution in [3.8, 4) is 0 Å². The molecule has 21 heavy (non-hydrogen) atoms. The third kappa shape index (κ3) is 4.09. The highest BCUT2D eigenvalue weighted by Gasteiger charge is 2.34. The molecule has 1 aliphatic rings. The van der Waals surface area contributed by atoms with Crippen molar-refractivity contribution >= 4 is 11.6 Å². The lowest BCUT2D eigenvalue weighted by Crippen LogP contribution is -2.39. The minimum atomic E-state index is -4.75. The van der Waals surface area contributed by atoms with Gasteiger partial charge in [0.1, 0.15) is 5.82 Å². The number of benzene rings is 1. The number of amides is 1. The third-order valence-electron chi connectivity index (χ3n) is 3.42. The second-order valence-corrected chi connectivity index (χ2v) is 4.99. The third-order valence-corrected chi connectivity index (χ3v) is 3.42. The number of piperidine rings is 1. The molecule has 7 heteroatoms. The van der Waals surface area contributed by atoms with Crippen molar-refractivity contribution in [2.24, 2.45) is 0 Å². The monoisotopic (exact) mass is 304 g/mol. The molecule has 0 aromatic heterocycles. The molecule has 1 heterocycles. The fourth-order valence-corrected chi connectivity index (χ4v) is 2.29. The normalized spacial score (nSPS) is 15.9. The summed E-state index contributed by atoms with van der Waals surface area (Å²) in [4.78, 5) is 13.6. The van der Waals surface area contributed by atoms with E-state index >= 15 is 0 Å². The highest BCUT2D eigenvalue weighted by Crippen LogP contribution is 2.32. The summed E-state index contributed by atoms with van der Waals surface area (Å²) in [6, 6.07) is 2.61. The molecule has 3 nitrogen and oxygen atoms in total. The zero-order valence-electron chi connectivity index (χ0n) is 11.3. The van der Waals surface area contributed by atoms with Crippen molar-refractivity contribution in [2.75, 3.05) is 25.0 Å². The molecule has 1 fully saturated rings. The van der Waals surface area contributed by atoms with Crippen LogP contribution in [0.2, 0.25) is 0 Å². The van der Waals surface area contributed by atoms with Crippen LogP contribution in [-0.2, 0) is 11.0 Å². The van der Waals surface area contributed by atoms with Gasteiger partial charge in [0.2, 0.25) is 5.91 Å². The van der Waals surface area contributed by atoms with E-state index in [2.05, 4.69) is 5.32 Å². The maximum Gasteiger partial charge on any atom is 0.419 e. The van der Waals surface area contributed by atoms with Crippen molar-refractivity contribution in [3.63, 3.8) is 0 Å². The van der Waals surface area contributed by atoms with Gasteiger partial charge in [0, 0.05) is 18.8 Å². The minimum Gasteiger partial charge on any atom is -0.376 e. The molecule has 0 bridgehead atoms. The van der Waals surface area contributed by atoms with Crippen LogP contribution in [0, 0.1) is 5.82 Å². The first-order valence-electron chi connectivity index (χ1n) is 6.76. The first-order valence-corrected chi connectivity index (χ1v) is 6.76. The summed E-state index contributed by atoms with van der Waals surface area (Å²) in [6.07, 6.45) is -1.77. The average molecular weight is 304 g/mol. The van der Waals surface area contributed by atoms with Gasteiger partial charge in [-0.15, -0.1) is 0 Å². The van der Waals surface area contributed by atoms with Gasteiger partial charge in [0.05, 0.1) is 12.1 Å². The highest BCUT2D eigenvalue weighted by molar-refractivity contribution is 5.81. The van der Waals surface area contributed by atoms with E-state index < -0.39 is 17.6 Å². The molecule has 116 valence electrons. The standard InChI is InChI=1S/C14H16F4N2O/c15-12-5-4-10(8-11(12)14(16,17)18)19-9-13(21)20-6-2-1-3-7-20/h4-5,8,19H,1-3,6-7,9H2. The van der Waals surface area contributed by atoms with E-state index in [1.807, 2.05) is 0 Å². The molecule has 1 aromatic carbocycles. The van der Waals surface area contributed by atoms with E-state index in [0.717, 1.165) is 25.3 Å². The fourth-order valence-electron chi connectivity index (χ4n) is 2.29. The Balaban J connectivity index is 1.98. The van der Waals surface area contributed by atoms with Crippen molar-refractivity contribution < 1.29 is 22.4 Å². The number of carbonyl (C=O) groups is 1. The molecular weight excluding hydrogens is 288 g/mol. The Bertz CT molecular complexity index is 510. The van der Waals surface area contributed by atoms with Gasteiger partial charge < -0.3 is 10.2 Å². The zero-order chi connectivity index (χ0) is 15.5. The molecular formula is C14H16F4N2O. The number of anilines is 1. The molecule has 0 radical (unpaired) electrons. The van der Waals surface area contributed by atoms with Gasteiger partial charge in [-0.2, -0.15) is 13.2 Å². The lowest BCUT2D eigenvalue weighted by molar-refractivity contribution is -0.139. The van der Waals surface area contributed by atoms with Gasteiger partial charge >= 0.3 is 6.18 Å². The van der Waals surface area contributed by atoms with E-state index in [0.29, 0.717) is 19.2 Å². The number of hydrogen-bond acceptors (Lipinski definition) is 2. The van der Waals surface area contributed by atoms with Gasteiger partial charge in [0.25, 0.3) is 0 Å². The van der Waals surface area contributed by atoms with E-state index in [-0.39, 0.29) is 18.1 Å². The van der Waals surface area contributed by atoms with E-state index in [1.165, 1.54) is 6.07 Å². The lowest BCUT2D eigenvalue weighted by atomic mass is 10.1. The molecule has 0 saturated carbocycles. The van der Waals surface area contributed by atoms with Gasteiger partial charge in [-0.25, -0.2) is 4.39 Å². The van der Waals surface area contributed by atoms with Crippen molar-refractivity contribution in [2.45, 2.75) is 25.4 Å². The van der Waals surface area contributed by atoms with Gasteiger partial charge in [-0.05, 0) is 37.5 Å². The summed E-state index contributed by atoms with van der Waals surface area (Å²) >= 11 is 0. The maximum atomic E-state index is 13.1. The molecule has 0 aliphatic carbocycles. The second kappa shape index (κ2) is 6.32. The predicted octanol–water partition coefficient (Wildman–Crippen LogP) is 3.27. The lowest BCUT2D eigenvalue weighted by Gasteiger charge is -2.27. The number of nitrogens with zero attached hydrogens (tertiary/aromatic N) is 1. The van der Waals surface area contributed by atoms with Crippen LogP contribution in [0.1, 0.15) is 24.8 Å². The molecule has 1 N–H and O–H groups in total. The van der Waals surface area contributed by atoms with Crippen LogP contribution >= 0.6 is 0 Å².